The third-order valence-corrected chi connectivity index (χ3v) is 3.77. The lowest BCUT2D eigenvalue weighted by molar-refractivity contribution is -0.121. The number of aromatic nitrogens is 3. The van der Waals surface area contributed by atoms with Crippen LogP contribution in [0.2, 0.25) is 0 Å². The van der Waals surface area contributed by atoms with Crippen LogP contribution in [0.4, 0.5) is 4.39 Å². The second-order valence-corrected chi connectivity index (χ2v) is 5.67. The number of aryl methyl sites for hydroxylation is 1. The molecule has 1 amide bonds. The standard InChI is InChI=1S/C19H17FN4O2/c20-16-5-3-15(4-6-16)17-7-8-19(26)24(23-17)11-9-18(25)22-13-14-2-1-10-21-12-14/h1-8,10,12H,9,11,13H2,(H,22,25). The fourth-order valence-electron chi connectivity index (χ4n) is 2.38. The third-order valence-electron chi connectivity index (χ3n) is 3.77. The maximum Gasteiger partial charge on any atom is 0.266 e. The van der Waals surface area contributed by atoms with E-state index >= 15 is 0 Å². The van der Waals surface area contributed by atoms with Crippen molar-refractivity contribution >= 4 is 5.91 Å². The molecule has 0 saturated heterocycles. The largest absolute Gasteiger partial charge is 0.352 e. The fraction of sp³-hybridized carbons (Fsp3) is 0.158. The summed E-state index contributed by atoms with van der Waals surface area (Å²) in [5.41, 5.74) is 1.84. The van der Waals surface area contributed by atoms with Crippen molar-refractivity contribution in [3.05, 3.63) is 82.7 Å². The maximum absolute atomic E-state index is 13.0. The molecular weight excluding hydrogens is 335 g/mol. The van der Waals surface area contributed by atoms with E-state index in [-0.39, 0.29) is 30.2 Å². The number of nitrogens with one attached hydrogen (secondary N) is 1. The van der Waals surface area contributed by atoms with E-state index in [4.69, 9.17) is 0 Å². The van der Waals surface area contributed by atoms with Gasteiger partial charge in [-0.3, -0.25) is 14.6 Å². The molecule has 1 aromatic carbocycles. The van der Waals surface area contributed by atoms with Crippen LogP contribution in [-0.4, -0.2) is 20.7 Å². The molecule has 26 heavy (non-hydrogen) atoms. The van der Waals surface area contributed by atoms with Crippen LogP contribution in [0, 0.1) is 5.82 Å². The summed E-state index contributed by atoms with van der Waals surface area (Å²) in [7, 11) is 0. The van der Waals surface area contributed by atoms with Crippen LogP contribution in [0.5, 0.6) is 0 Å². The second-order valence-electron chi connectivity index (χ2n) is 5.67. The molecule has 0 radical (unpaired) electrons. The van der Waals surface area contributed by atoms with E-state index < -0.39 is 0 Å². The van der Waals surface area contributed by atoms with E-state index in [1.165, 1.54) is 22.9 Å². The summed E-state index contributed by atoms with van der Waals surface area (Å²) < 4.78 is 14.3. The zero-order valence-corrected chi connectivity index (χ0v) is 13.9. The van der Waals surface area contributed by atoms with Crippen molar-refractivity contribution in [2.24, 2.45) is 0 Å². The Morgan fingerprint density at radius 1 is 1.12 bits per heavy atom. The molecular formula is C19H17FN4O2. The summed E-state index contributed by atoms with van der Waals surface area (Å²) in [4.78, 5) is 27.9. The summed E-state index contributed by atoms with van der Waals surface area (Å²) in [6, 6.07) is 12.5. The molecule has 3 aromatic rings. The first kappa shape index (κ1) is 17.5. The van der Waals surface area contributed by atoms with Crippen molar-refractivity contribution in [3.63, 3.8) is 0 Å². The van der Waals surface area contributed by atoms with Crippen LogP contribution < -0.4 is 10.9 Å². The first-order valence-corrected chi connectivity index (χ1v) is 8.11. The van der Waals surface area contributed by atoms with E-state index in [1.807, 2.05) is 6.07 Å². The highest BCUT2D eigenvalue weighted by molar-refractivity contribution is 5.75. The number of benzene rings is 1. The Hall–Kier alpha value is -3.35. The Kier molecular flexibility index (Phi) is 5.48. The maximum atomic E-state index is 13.0. The predicted octanol–water partition coefficient (Wildman–Crippen LogP) is 2.15. The molecule has 0 atom stereocenters. The minimum absolute atomic E-state index is 0.125. The number of nitrogens with zero attached hydrogens (tertiary/aromatic N) is 3. The quantitative estimate of drug-likeness (QED) is 0.737. The first-order chi connectivity index (χ1) is 12.6. The zero-order chi connectivity index (χ0) is 18.4. The van der Waals surface area contributed by atoms with Gasteiger partial charge in [0.1, 0.15) is 5.82 Å². The molecule has 0 aliphatic heterocycles. The second kappa shape index (κ2) is 8.15. The number of hydrogen-bond acceptors (Lipinski definition) is 4. The van der Waals surface area contributed by atoms with Gasteiger partial charge in [-0.1, -0.05) is 6.07 Å². The topological polar surface area (TPSA) is 76.9 Å². The molecule has 132 valence electrons. The highest BCUT2D eigenvalue weighted by atomic mass is 19.1. The van der Waals surface area contributed by atoms with Crippen LogP contribution in [-0.2, 0) is 17.9 Å². The number of carbonyl (C=O) groups excluding carboxylic acids is 1. The molecule has 0 bridgehead atoms. The number of amides is 1. The lowest BCUT2D eigenvalue weighted by atomic mass is 10.1. The van der Waals surface area contributed by atoms with Gasteiger partial charge < -0.3 is 5.32 Å². The van der Waals surface area contributed by atoms with Gasteiger partial charge in [0.15, 0.2) is 0 Å². The van der Waals surface area contributed by atoms with E-state index in [0.717, 1.165) is 5.56 Å². The van der Waals surface area contributed by atoms with Gasteiger partial charge in [0.05, 0.1) is 12.2 Å². The number of pyridine rings is 1. The molecule has 1 N–H and O–H groups in total. The van der Waals surface area contributed by atoms with Gasteiger partial charge in [0, 0.05) is 37.0 Å². The van der Waals surface area contributed by atoms with Crippen LogP contribution in [0.1, 0.15) is 12.0 Å². The molecule has 0 saturated carbocycles. The lowest BCUT2D eigenvalue weighted by Gasteiger charge is -2.08. The molecule has 6 nitrogen and oxygen atoms in total. The van der Waals surface area contributed by atoms with Gasteiger partial charge in [-0.15, -0.1) is 0 Å². The molecule has 0 unspecified atom stereocenters. The zero-order valence-electron chi connectivity index (χ0n) is 13.9. The van der Waals surface area contributed by atoms with E-state index in [0.29, 0.717) is 17.8 Å². The lowest BCUT2D eigenvalue weighted by Crippen LogP contribution is -2.28. The van der Waals surface area contributed by atoms with E-state index in [1.54, 1.807) is 36.7 Å². The Balaban J connectivity index is 1.62. The predicted molar refractivity (Wildman–Crippen MR) is 94.6 cm³/mol. The third kappa shape index (κ3) is 4.60. The molecule has 0 fully saturated rings. The first-order valence-electron chi connectivity index (χ1n) is 8.11. The van der Waals surface area contributed by atoms with Crippen LogP contribution >= 0.6 is 0 Å². The van der Waals surface area contributed by atoms with Crippen molar-refractivity contribution in [2.75, 3.05) is 0 Å². The smallest absolute Gasteiger partial charge is 0.266 e. The summed E-state index contributed by atoms with van der Waals surface area (Å²) in [5.74, 6) is -0.526. The number of rotatable bonds is 6. The van der Waals surface area contributed by atoms with Crippen molar-refractivity contribution in [2.45, 2.75) is 19.5 Å². The molecule has 0 spiro atoms. The monoisotopic (exact) mass is 352 g/mol. The minimum Gasteiger partial charge on any atom is -0.352 e. The van der Waals surface area contributed by atoms with Crippen molar-refractivity contribution < 1.29 is 9.18 Å². The normalized spacial score (nSPS) is 10.5. The highest BCUT2D eigenvalue weighted by Crippen LogP contribution is 2.15. The number of halogens is 1. The number of hydrogen-bond donors (Lipinski definition) is 1. The molecule has 0 aliphatic rings. The van der Waals surface area contributed by atoms with Crippen LogP contribution in [0.25, 0.3) is 11.3 Å². The summed E-state index contributed by atoms with van der Waals surface area (Å²) >= 11 is 0. The summed E-state index contributed by atoms with van der Waals surface area (Å²) in [6.45, 7) is 0.539. The Morgan fingerprint density at radius 2 is 1.92 bits per heavy atom. The van der Waals surface area contributed by atoms with Gasteiger partial charge in [-0.2, -0.15) is 5.10 Å². The molecule has 3 rings (SSSR count). The van der Waals surface area contributed by atoms with Crippen molar-refractivity contribution in [1.82, 2.24) is 20.1 Å². The van der Waals surface area contributed by atoms with Gasteiger partial charge in [-0.05, 0) is 42.0 Å². The highest BCUT2D eigenvalue weighted by Gasteiger charge is 2.07. The summed E-state index contributed by atoms with van der Waals surface area (Å²) in [6.07, 6.45) is 3.47. The minimum atomic E-state index is -0.340. The average Bonchev–Trinajstić information content (AvgIpc) is 2.67. The Bertz CT molecular complexity index is 940. The SMILES string of the molecule is O=C(CCn1nc(-c2ccc(F)cc2)ccc1=O)NCc1cccnc1. The summed E-state index contributed by atoms with van der Waals surface area (Å²) in [5, 5.41) is 7.03. The van der Waals surface area contributed by atoms with Crippen molar-refractivity contribution in [1.29, 1.82) is 0 Å². The van der Waals surface area contributed by atoms with Gasteiger partial charge >= 0.3 is 0 Å². The Morgan fingerprint density at radius 3 is 2.65 bits per heavy atom. The van der Waals surface area contributed by atoms with Gasteiger partial charge in [0.2, 0.25) is 5.91 Å². The Labute approximate surface area is 149 Å². The van der Waals surface area contributed by atoms with E-state index in [2.05, 4.69) is 15.4 Å². The number of carbonyl (C=O) groups is 1. The van der Waals surface area contributed by atoms with Crippen LogP contribution in [0.15, 0.2) is 65.7 Å². The van der Waals surface area contributed by atoms with Crippen molar-refractivity contribution in [3.8, 4) is 11.3 Å². The molecule has 0 aliphatic carbocycles. The van der Waals surface area contributed by atoms with Crippen LogP contribution in [0.3, 0.4) is 0 Å². The van der Waals surface area contributed by atoms with Gasteiger partial charge in [0.25, 0.3) is 5.56 Å². The average molecular weight is 352 g/mol. The van der Waals surface area contributed by atoms with E-state index in [9.17, 15) is 14.0 Å². The molecule has 7 heteroatoms. The molecule has 2 heterocycles. The molecule has 2 aromatic heterocycles. The fourth-order valence-corrected chi connectivity index (χ4v) is 2.38. The van der Waals surface area contributed by atoms with Gasteiger partial charge in [-0.25, -0.2) is 9.07 Å².